The smallest absolute Gasteiger partial charge is 0.314 e. The summed E-state index contributed by atoms with van der Waals surface area (Å²) in [4.78, 5) is 14.1. The van der Waals surface area contributed by atoms with Gasteiger partial charge in [0.15, 0.2) is 0 Å². The van der Waals surface area contributed by atoms with Gasteiger partial charge in [-0.2, -0.15) is 13.2 Å². The fraction of sp³-hybridized carbons (Fsp3) is 0.533. The van der Waals surface area contributed by atoms with Gasteiger partial charge in [-0.15, -0.1) is 12.6 Å². The van der Waals surface area contributed by atoms with Crippen molar-refractivity contribution in [2.45, 2.75) is 43.2 Å². The number of hydrogen-bond acceptors (Lipinski definition) is 2. The monoisotopic (exact) mass is 317 g/mol. The van der Waals surface area contributed by atoms with Crippen LogP contribution < -0.4 is 4.90 Å². The zero-order valence-electron chi connectivity index (χ0n) is 11.8. The minimum Gasteiger partial charge on any atom is -0.314 e. The summed E-state index contributed by atoms with van der Waals surface area (Å²) < 4.78 is 38.4. The Balaban J connectivity index is 2.25. The minimum atomic E-state index is -4.43. The van der Waals surface area contributed by atoms with Crippen molar-refractivity contribution in [2.75, 3.05) is 11.9 Å². The zero-order valence-corrected chi connectivity index (χ0v) is 12.7. The van der Waals surface area contributed by atoms with Crippen LogP contribution in [0.5, 0.6) is 0 Å². The molecule has 1 aromatic rings. The molecule has 1 aliphatic rings. The Bertz CT molecular complexity index is 524. The molecule has 0 radical (unpaired) electrons. The number of hydrogen-bond donors (Lipinski definition) is 1. The second-order valence-corrected chi connectivity index (χ2v) is 5.92. The van der Waals surface area contributed by atoms with Crippen molar-refractivity contribution in [3.05, 3.63) is 23.8 Å². The van der Waals surface area contributed by atoms with Crippen LogP contribution in [0.1, 0.15) is 37.7 Å². The SMILES string of the molecule is CN(C(=O)C1CCCCC1)c1cc(C(F)(F)F)ccc1S. The van der Waals surface area contributed by atoms with Gasteiger partial charge in [0.2, 0.25) is 5.91 Å². The molecule has 0 heterocycles. The Hall–Kier alpha value is -1.17. The number of carbonyl (C=O) groups excluding carboxylic acids is 1. The molecular weight excluding hydrogens is 299 g/mol. The van der Waals surface area contributed by atoms with Crippen LogP contribution in [-0.2, 0) is 11.0 Å². The average Bonchev–Trinajstić information content (AvgIpc) is 2.46. The molecule has 1 aliphatic carbocycles. The standard InChI is InChI=1S/C15H18F3NOS/c1-19(14(20)10-5-3-2-4-6-10)12-9-11(15(16,17)18)7-8-13(12)21/h7-10,21H,2-6H2,1H3. The molecule has 1 saturated carbocycles. The van der Waals surface area contributed by atoms with Gasteiger partial charge in [-0.3, -0.25) is 4.79 Å². The highest BCUT2D eigenvalue weighted by Crippen LogP contribution is 2.35. The Kier molecular flexibility index (Phi) is 4.86. The molecule has 0 spiro atoms. The van der Waals surface area contributed by atoms with Gasteiger partial charge in [0, 0.05) is 17.9 Å². The van der Waals surface area contributed by atoms with Gasteiger partial charge in [0.25, 0.3) is 0 Å². The number of nitrogens with zero attached hydrogens (tertiary/aromatic N) is 1. The lowest BCUT2D eigenvalue weighted by Gasteiger charge is -2.27. The maximum Gasteiger partial charge on any atom is 0.416 e. The van der Waals surface area contributed by atoms with Crippen LogP contribution in [0.4, 0.5) is 18.9 Å². The van der Waals surface area contributed by atoms with Gasteiger partial charge in [-0.25, -0.2) is 0 Å². The molecule has 0 bridgehead atoms. The van der Waals surface area contributed by atoms with E-state index in [1.54, 1.807) is 0 Å². The van der Waals surface area contributed by atoms with Gasteiger partial charge in [0.1, 0.15) is 0 Å². The van der Waals surface area contributed by atoms with E-state index in [0.717, 1.165) is 44.2 Å². The summed E-state index contributed by atoms with van der Waals surface area (Å²) in [5, 5.41) is 0. The van der Waals surface area contributed by atoms with Gasteiger partial charge in [-0.05, 0) is 31.0 Å². The molecule has 2 rings (SSSR count). The molecule has 0 aromatic heterocycles. The highest BCUT2D eigenvalue weighted by atomic mass is 32.1. The molecule has 0 atom stereocenters. The molecule has 2 nitrogen and oxygen atoms in total. The molecule has 1 aromatic carbocycles. The van der Waals surface area contributed by atoms with E-state index in [0.29, 0.717) is 4.90 Å². The maximum atomic E-state index is 12.8. The van der Waals surface area contributed by atoms with Crippen molar-refractivity contribution in [3.63, 3.8) is 0 Å². The average molecular weight is 317 g/mol. The second-order valence-electron chi connectivity index (χ2n) is 5.43. The van der Waals surface area contributed by atoms with Crippen molar-refractivity contribution in [3.8, 4) is 0 Å². The van der Waals surface area contributed by atoms with E-state index in [1.165, 1.54) is 18.0 Å². The first-order chi connectivity index (χ1) is 9.80. The number of rotatable bonds is 2. The molecule has 116 valence electrons. The van der Waals surface area contributed by atoms with Gasteiger partial charge in [0.05, 0.1) is 11.3 Å². The van der Waals surface area contributed by atoms with Crippen molar-refractivity contribution < 1.29 is 18.0 Å². The lowest BCUT2D eigenvalue weighted by Crippen LogP contribution is -2.34. The molecule has 0 unspecified atom stereocenters. The Morgan fingerprint density at radius 2 is 1.86 bits per heavy atom. The third-order valence-electron chi connectivity index (χ3n) is 3.95. The summed E-state index contributed by atoms with van der Waals surface area (Å²) in [6.07, 6.45) is 0.315. The summed E-state index contributed by atoms with van der Waals surface area (Å²) in [5.74, 6) is -0.213. The van der Waals surface area contributed by atoms with Crippen LogP contribution in [-0.4, -0.2) is 13.0 Å². The largest absolute Gasteiger partial charge is 0.416 e. The Morgan fingerprint density at radius 3 is 2.43 bits per heavy atom. The van der Waals surface area contributed by atoms with Crippen LogP contribution in [0.2, 0.25) is 0 Å². The Labute approximate surface area is 127 Å². The fourth-order valence-electron chi connectivity index (χ4n) is 2.71. The molecular formula is C15H18F3NOS. The molecule has 21 heavy (non-hydrogen) atoms. The molecule has 1 fully saturated rings. The lowest BCUT2D eigenvalue weighted by molar-refractivity contribution is -0.137. The summed E-state index contributed by atoms with van der Waals surface area (Å²) in [5.41, 5.74) is -0.553. The minimum absolute atomic E-state index is 0.0916. The van der Waals surface area contributed by atoms with E-state index in [9.17, 15) is 18.0 Å². The first-order valence-corrected chi connectivity index (χ1v) is 7.43. The fourth-order valence-corrected chi connectivity index (χ4v) is 3.00. The molecule has 6 heteroatoms. The highest BCUT2D eigenvalue weighted by Gasteiger charge is 2.32. The van der Waals surface area contributed by atoms with Crippen LogP contribution in [0.15, 0.2) is 23.1 Å². The molecule has 0 saturated heterocycles. The van der Waals surface area contributed by atoms with Crippen molar-refractivity contribution in [1.29, 1.82) is 0 Å². The summed E-state index contributed by atoms with van der Waals surface area (Å²) in [7, 11) is 1.52. The topological polar surface area (TPSA) is 20.3 Å². The predicted molar refractivity (Wildman–Crippen MR) is 78.7 cm³/mol. The highest BCUT2D eigenvalue weighted by molar-refractivity contribution is 7.80. The van der Waals surface area contributed by atoms with Crippen LogP contribution in [0, 0.1) is 5.92 Å². The van der Waals surface area contributed by atoms with Gasteiger partial charge >= 0.3 is 6.18 Å². The first-order valence-electron chi connectivity index (χ1n) is 6.98. The zero-order chi connectivity index (χ0) is 15.6. The summed E-state index contributed by atoms with van der Waals surface area (Å²) >= 11 is 4.18. The van der Waals surface area contributed by atoms with Crippen LogP contribution in [0.3, 0.4) is 0 Å². The van der Waals surface area contributed by atoms with E-state index in [-0.39, 0.29) is 17.5 Å². The third-order valence-corrected chi connectivity index (χ3v) is 4.33. The van der Waals surface area contributed by atoms with Crippen molar-refractivity contribution in [1.82, 2.24) is 0 Å². The number of halogens is 3. The Morgan fingerprint density at radius 1 is 1.24 bits per heavy atom. The van der Waals surface area contributed by atoms with Crippen molar-refractivity contribution >= 4 is 24.2 Å². The van der Waals surface area contributed by atoms with E-state index in [1.807, 2.05) is 0 Å². The number of carbonyl (C=O) groups is 1. The maximum absolute atomic E-state index is 12.8. The number of anilines is 1. The molecule has 0 aliphatic heterocycles. The van der Waals surface area contributed by atoms with Crippen LogP contribution >= 0.6 is 12.6 Å². The summed E-state index contributed by atoms with van der Waals surface area (Å²) in [6, 6.07) is 3.25. The lowest BCUT2D eigenvalue weighted by atomic mass is 9.88. The molecule has 1 amide bonds. The number of thiol groups is 1. The van der Waals surface area contributed by atoms with Gasteiger partial charge < -0.3 is 4.90 Å². The quantitative estimate of drug-likeness (QED) is 0.794. The number of benzene rings is 1. The number of amides is 1. The normalized spacial score (nSPS) is 16.8. The van der Waals surface area contributed by atoms with E-state index < -0.39 is 11.7 Å². The van der Waals surface area contributed by atoms with E-state index in [4.69, 9.17) is 0 Å². The first kappa shape index (κ1) is 16.2. The van der Waals surface area contributed by atoms with E-state index in [2.05, 4.69) is 12.6 Å². The summed E-state index contributed by atoms with van der Waals surface area (Å²) in [6.45, 7) is 0. The second kappa shape index (κ2) is 6.30. The van der Waals surface area contributed by atoms with Crippen molar-refractivity contribution in [2.24, 2.45) is 5.92 Å². The van der Waals surface area contributed by atoms with E-state index >= 15 is 0 Å². The molecule has 0 N–H and O–H groups in total. The third kappa shape index (κ3) is 3.73. The predicted octanol–water partition coefficient (Wildman–Crippen LogP) is 4.54. The van der Waals surface area contributed by atoms with Gasteiger partial charge in [-0.1, -0.05) is 19.3 Å². The number of alkyl halides is 3. The van der Waals surface area contributed by atoms with Crippen LogP contribution in [0.25, 0.3) is 0 Å².